The molecule has 266 valence electrons. The maximum absolute atomic E-state index is 13.8. The summed E-state index contributed by atoms with van der Waals surface area (Å²) in [5.41, 5.74) is -3.31. The highest BCUT2D eigenvalue weighted by Crippen LogP contribution is 2.54. The van der Waals surface area contributed by atoms with Gasteiger partial charge in [0.25, 0.3) is 0 Å². The van der Waals surface area contributed by atoms with E-state index < -0.39 is 141 Å². The summed E-state index contributed by atoms with van der Waals surface area (Å²) in [7, 11) is 0. The number of phenols is 1. The molecule has 7 atom stereocenters. The van der Waals surface area contributed by atoms with Gasteiger partial charge in [0.1, 0.15) is 5.75 Å². The Balaban J connectivity index is 1.40. The third-order valence-electron chi connectivity index (χ3n) is 9.37. The molecule has 0 aromatic heterocycles. The van der Waals surface area contributed by atoms with Crippen LogP contribution in [0.4, 0.5) is 36.8 Å². The minimum Gasteiger partial charge on any atom is -0.505 e. The van der Waals surface area contributed by atoms with Crippen LogP contribution in [0.15, 0.2) is 30.3 Å². The Bertz CT molecular complexity index is 1860. The second-order valence-corrected chi connectivity index (χ2v) is 12.3. The standard InChI is InChI=1S/C31H25F6N3O10/c1-9-13-2-3-15(39-28(49)40-17(42)6-10-4-11(30(32,33)34)7-12(5-10)31(35,36)37)23(44)19(13)24(45)21-18(9)22(43)14-8-16(41)20(27(38)48)25(46)29(14,50)26(21)47/h2-5,7,9,14,18,20-22,43-44,50H,6,8H2,1H3,(H2,38,48)(H2,39,40,42,49)/t9-,14+,18+,20?,21?,22+,29+/m0/s1. The summed E-state index contributed by atoms with van der Waals surface area (Å²) in [6.07, 6.45) is -14.1. The Hall–Kier alpha value is -5.17. The van der Waals surface area contributed by atoms with E-state index in [1.807, 2.05) is 5.32 Å². The first-order valence-electron chi connectivity index (χ1n) is 14.6. The number of phenolic OH excluding ortho intramolecular Hbond substituents is 1. The van der Waals surface area contributed by atoms with Gasteiger partial charge >= 0.3 is 18.4 Å². The van der Waals surface area contributed by atoms with E-state index in [-0.39, 0.29) is 23.8 Å². The monoisotopic (exact) mass is 713 g/mol. The van der Waals surface area contributed by atoms with Gasteiger partial charge in [0.2, 0.25) is 11.8 Å². The van der Waals surface area contributed by atoms with Gasteiger partial charge in [-0.05, 0) is 41.3 Å². The van der Waals surface area contributed by atoms with Crippen molar-refractivity contribution in [1.82, 2.24) is 5.32 Å². The number of hydrogen-bond acceptors (Lipinski definition) is 10. The lowest BCUT2D eigenvalue weighted by Gasteiger charge is -2.52. The Morgan fingerprint density at radius 3 is 2.08 bits per heavy atom. The predicted octanol–water partition coefficient (Wildman–Crippen LogP) is 1.79. The number of hydrogen-bond donors (Lipinski definition) is 6. The van der Waals surface area contributed by atoms with Crippen LogP contribution in [0.5, 0.6) is 5.75 Å². The molecule has 4 amide bonds. The maximum Gasteiger partial charge on any atom is 0.416 e. The molecule has 50 heavy (non-hydrogen) atoms. The molecule has 13 nitrogen and oxygen atoms in total. The quantitative estimate of drug-likeness (QED) is 0.153. The summed E-state index contributed by atoms with van der Waals surface area (Å²) in [4.78, 5) is 90.0. The molecular weight excluding hydrogens is 688 g/mol. The average Bonchev–Trinajstić information content (AvgIpc) is 2.99. The van der Waals surface area contributed by atoms with Gasteiger partial charge in [0.05, 0.1) is 40.8 Å². The van der Waals surface area contributed by atoms with Crippen LogP contribution in [-0.4, -0.2) is 68.0 Å². The number of imide groups is 1. The van der Waals surface area contributed by atoms with E-state index in [4.69, 9.17) is 5.73 Å². The average molecular weight is 714 g/mol. The molecule has 2 fully saturated rings. The van der Waals surface area contributed by atoms with E-state index in [2.05, 4.69) is 0 Å². The number of rotatable bonds is 4. The predicted molar refractivity (Wildman–Crippen MR) is 152 cm³/mol. The zero-order valence-corrected chi connectivity index (χ0v) is 25.3. The third kappa shape index (κ3) is 5.78. The molecule has 5 rings (SSSR count). The number of amides is 4. The van der Waals surface area contributed by atoms with Crippen LogP contribution in [0.3, 0.4) is 0 Å². The summed E-state index contributed by atoms with van der Waals surface area (Å²) >= 11 is 0. The lowest BCUT2D eigenvalue weighted by molar-refractivity contribution is -0.189. The molecule has 3 aliphatic rings. The van der Waals surface area contributed by atoms with E-state index in [1.54, 1.807) is 5.32 Å². The Kier molecular flexibility index (Phi) is 8.67. The molecule has 7 N–H and O–H groups in total. The molecule has 2 aromatic carbocycles. The fraction of sp³-hybridized carbons (Fsp3) is 0.387. The van der Waals surface area contributed by atoms with Crippen molar-refractivity contribution in [2.75, 3.05) is 5.32 Å². The van der Waals surface area contributed by atoms with Gasteiger partial charge in [-0.15, -0.1) is 0 Å². The van der Waals surface area contributed by atoms with Crippen molar-refractivity contribution in [3.8, 4) is 5.75 Å². The molecular formula is C31H25F6N3O10. The maximum atomic E-state index is 13.8. The fourth-order valence-electron chi connectivity index (χ4n) is 7.09. The van der Waals surface area contributed by atoms with Gasteiger partial charge in [-0.1, -0.05) is 13.0 Å². The third-order valence-corrected chi connectivity index (χ3v) is 9.37. The molecule has 0 aliphatic heterocycles. The summed E-state index contributed by atoms with van der Waals surface area (Å²) in [6.45, 7) is 1.43. The second kappa shape index (κ2) is 12.0. The number of aromatic hydroxyl groups is 1. The molecule has 0 bridgehead atoms. The first kappa shape index (κ1) is 36.1. The molecule has 19 heteroatoms. The Morgan fingerprint density at radius 1 is 0.960 bits per heavy atom. The number of carbonyl (C=O) groups is 7. The van der Waals surface area contributed by atoms with Gasteiger partial charge in [-0.25, -0.2) is 4.79 Å². The SMILES string of the molecule is C[C@H]1c2ccc(NC(=O)NC(=O)Cc3cc(C(F)(F)F)cc(C(F)(F)F)c3)c(O)c2C(=O)C2C(=O)[C@]3(O)C(=O)C(C(N)=O)C(=O)C[C@@H]3[C@@H](O)[C@@H]21. The minimum absolute atomic E-state index is 0.0292. The minimum atomic E-state index is -5.19. The van der Waals surface area contributed by atoms with Gasteiger partial charge < -0.3 is 26.4 Å². The zero-order chi connectivity index (χ0) is 37.4. The number of benzene rings is 2. The topological polar surface area (TPSA) is 230 Å². The second-order valence-electron chi connectivity index (χ2n) is 12.3. The number of anilines is 1. The molecule has 0 saturated heterocycles. The highest BCUT2D eigenvalue weighted by molar-refractivity contribution is 6.31. The number of ketones is 4. The van der Waals surface area contributed by atoms with E-state index in [0.29, 0.717) is 0 Å². The highest BCUT2D eigenvalue weighted by Gasteiger charge is 2.70. The van der Waals surface area contributed by atoms with Crippen LogP contribution in [0.2, 0.25) is 0 Å². The number of alkyl halides is 6. The van der Waals surface area contributed by atoms with Crippen LogP contribution in [0, 0.1) is 23.7 Å². The number of primary amides is 1. The van der Waals surface area contributed by atoms with E-state index in [1.165, 1.54) is 13.0 Å². The van der Waals surface area contributed by atoms with E-state index in [0.717, 1.165) is 6.07 Å². The molecule has 3 aliphatic carbocycles. The lowest BCUT2D eigenvalue weighted by Crippen LogP contribution is -2.72. The number of halogens is 6. The number of Topliss-reactive ketones (excluding diaryl/α,β-unsaturated/α-hetero) is 4. The first-order chi connectivity index (χ1) is 23.0. The summed E-state index contributed by atoms with van der Waals surface area (Å²) in [5, 5.41) is 37.3. The normalized spacial score (nSPS) is 27.9. The van der Waals surface area contributed by atoms with Crippen molar-refractivity contribution in [1.29, 1.82) is 0 Å². The van der Waals surface area contributed by atoms with Crippen LogP contribution >= 0.6 is 0 Å². The molecule has 2 aromatic rings. The highest BCUT2D eigenvalue weighted by atomic mass is 19.4. The number of aliphatic hydroxyl groups excluding tert-OH is 1. The van der Waals surface area contributed by atoms with Crippen LogP contribution in [0.25, 0.3) is 0 Å². The number of urea groups is 1. The number of nitrogens with one attached hydrogen (secondary N) is 2. The van der Waals surface area contributed by atoms with Gasteiger partial charge in [-0.2, -0.15) is 26.3 Å². The Labute approximate surface area is 275 Å². The van der Waals surface area contributed by atoms with Crippen LogP contribution in [-0.2, 0) is 42.7 Å². The van der Waals surface area contributed by atoms with Crippen molar-refractivity contribution in [2.24, 2.45) is 29.4 Å². The Morgan fingerprint density at radius 2 is 1.54 bits per heavy atom. The van der Waals surface area contributed by atoms with Gasteiger partial charge in [0.15, 0.2) is 34.7 Å². The largest absolute Gasteiger partial charge is 0.505 e. The smallest absolute Gasteiger partial charge is 0.416 e. The van der Waals surface area contributed by atoms with Crippen molar-refractivity contribution < 1.29 is 75.2 Å². The number of aliphatic hydroxyl groups is 2. The summed E-state index contributed by atoms with van der Waals surface area (Å²) < 4.78 is 79.0. The molecule has 2 unspecified atom stereocenters. The van der Waals surface area contributed by atoms with Crippen molar-refractivity contribution in [3.05, 3.63) is 58.1 Å². The number of carbonyl (C=O) groups excluding carboxylic acids is 7. The molecule has 2 saturated carbocycles. The van der Waals surface area contributed by atoms with Crippen molar-refractivity contribution >= 4 is 46.7 Å². The fourth-order valence-corrected chi connectivity index (χ4v) is 7.09. The number of nitrogens with two attached hydrogens (primary N) is 1. The first-order valence-corrected chi connectivity index (χ1v) is 14.6. The van der Waals surface area contributed by atoms with E-state index in [9.17, 15) is 75.2 Å². The zero-order valence-electron chi connectivity index (χ0n) is 25.3. The summed E-state index contributed by atoms with van der Waals surface area (Å²) in [5.74, 6) is -17.4. The number of fused-ring (bicyclic) bond motifs is 3. The van der Waals surface area contributed by atoms with Gasteiger partial charge in [-0.3, -0.25) is 34.1 Å². The van der Waals surface area contributed by atoms with Crippen molar-refractivity contribution in [3.63, 3.8) is 0 Å². The van der Waals surface area contributed by atoms with Crippen LogP contribution in [0.1, 0.15) is 51.9 Å². The van der Waals surface area contributed by atoms with Gasteiger partial charge in [0, 0.05) is 18.3 Å². The van der Waals surface area contributed by atoms with Crippen molar-refractivity contribution in [2.45, 2.75) is 49.7 Å². The molecule has 0 spiro atoms. The molecule has 0 radical (unpaired) electrons. The lowest BCUT2D eigenvalue weighted by atomic mass is 9.50. The molecule has 0 heterocycles. The van der Waals surface area contributed by atoms with E-state index >= 15 is 0 Å². The van der Waals surface area contributed by atoms with Crippen LogP contribution < -0.4 is 16.4 Å². The summed E-state index contributed by atoms with van der Waals surface area (Å²) in [6, 6.07) is 1.23.